The molecule has 36 heavy (non-hydrogen) atoms. The van der Waals surface area contributed by atoms with Gasteiger partial charge in [0.2, 0.25) is 11.8 Å². The summed E-state index contributed by atoms with van der Waals surface area (Å²) in [5.74, 6) is -0.491. The number of nitrogens with zero attached hydrogens (tertiary/aromatic N) is 3. The Morgan fingerprint density at radius 2 is 1.89 bits per heavy atom. The van der Waals surface area contributed by atoms with Crippen LogP contribution in [-0.4, -0.2) is 56.3 Å². The highest BCUT2D eigenvalue weighted by molar-refractivity contribution is 6.01. The van der Waals surface area contributed by atoms with Gasteiger partial charge in [0, 0.05) is 31.4 Å². The second-order valence-corrected chi connectivity index (χ2v) is 9.85. The lowest BCUT2D eigenvalue weighted by molar-refractivity contribution is -0.143. The summed E-state index contributed by atoms with van der Waals surface area (Å²) in [6.07, 6.45) is 3.09. The summed E-state index contributed by atoms with van der Waals surface area (Å²) in [7, 11) is 0. The second-order valence-electron chi connectivity index (χ2n) is 9.85. The first kappa shape index (κ1) is 23.8. The molecule has 0 bridgehead atoms. The minimum atomic E-state index is -0.603. The quantitative estimate of drug-likeness (QED) is 0.536. The van der Waals surface area contributed by atoms with Gasteiger partial charge in [0.15, 0.2) is 0 Å². The topological polar surface area (TPSA) is 98.4 Å². The molecule has 1 saturated heterocycles. The number of benzene rings is 2. The minimum Gasteiger partial charge on any atom is -0.350 e. The Morgan fingerprint density at radius 1 is 1.11 bits per heavy atom. The van der Waals surface area contributed by atoms with Crippen molar-refractivity contribution in [2.45, 2.75) is 51.9 Å². The van der Waals surface area contributed by atoms with Crippen LogP contribution in [0.15, 0.2) is 60.8 Å². The van der Waals surface area contributed by atoms with E-state index in [0.29, 0.717) is 31.6 Å². The molecule has 2 aliphatic heterocycles. The third kappa shape index (κ3) is 4.51. The van der Waals surface area contributed by atoms with Crippen LogP contribution in [0, 0.1) is 5.92 Å². The van der Waals surface area contributed by atoms with Crippen LogP contribution in [0.25, 0.3) is 11.3 Å². The molecule has 1 aromatic heterocycles. The number of rotatable bonds is 7. The number of hydrogen-bond donors (Lipinski definition) is 2. The number of fused-ring (bicyclic) bond motifs is 1. The van der Waals surface area contributed by atoms with Crippen molar-refractivity contribution in [3.05, 3.63) is 77.5 Å². The van der Waals surface area contributed by atoms with Crippen LogP contribution in [0.2, 0.25) is 0 Å². The third-order valence-electron chi connectivity index (χ3n) is 7.14. The molecule has 0 aliphatic carbocycles. The molecule has 2 aliphatic rings. The molecule has 2 aromatic carbocycles. The lowest BCUT2D eigenvalue weighted by Gasteiger charge is -2.35. The van der Waals surface area contributed by atoms with Crippen LogP contribution in [0.1, 0.15) is 48.2 Å². The first-order valence-corrected chi connectivity index (χ1v) is 12.5. The summed E-state index contributed by atoms with van der Waals surface area (Å²) in [5.41, 5.74) is 4.53. The molecule has 0 radical (unpaired) electrons. The van der Waals surface area contributed by atoms with Gasteiger partial charge in [-0.25, -0.2) is 0 Å². The molecule has 2 N–H and O–H groups in total. The van der Waals surface area contributed by atoms with E-state index in [1.807, 2.05) is 68.4 Å². The van der Waals surface area contributed by atoms with Crippen molar-refractivity contribution in [2.24, 2.45) is 5.92 Å². The minimum absolute atomic E-state index is 0.0755. The van der Waals surface area contributed by atoms with Gasteiger partial charge in [0.1, 0.15) is 12.1 Å². The molecule has 3 aromatic rings. The van der Waals surface area contributed by atoms with Crippen molar-refractivity contribution >= 4 is 17.7 Å². The average molecular weight is 486 g/mol. The maximum Gasteiger partial charge on any atom is 0.255 e. The van der Waals surface area contributed by atoms with Crippen molar-refractivity contribution in [1.29, 1.82) is 0 Å². The number of carbonyl (C=O) groups excluding carboxylic acids is 3. The molecule has 2 atom stereocenters. The Kier molecular flexibility index (Phi) is 6.59. The van der Waals surface area contributed by atoms with Crippen LogP contribution < -0.4 is 5.32 Å². The molecular weight excluding hydrogens is 454 g/mol. The molecule has 0 spiro atoms. The smallest absolute Gasteiger partial charge is 0.255 e. The van der Waals surface area contributed by atoms with Gasteiger partial charge in [-0.2, -0.15) is 5.10 Å². The predicted molar refractivity (Wildman–Crippen MR) is 136 cm³/mol. The SMILES string of the molecule is CC(C)[C@@H](C(=O)N1CCC[C@H]1C(=O)NCc1ccc(-c2ccn[nH]2)cc1)N1Cc2ccccc2C1=O. The number of carbonyl (C=O) groups is 3. The molecule has 186 valence electrons. The van der Waals surface area contributed by atoms with Crippen molar-refractivity contribution in [3.8, 4) is 11.3 Å². The normalized spacial score (nSPS) is 18.0. The first-order valence-electron chi connectivity index (χ1n) is 12.5. The molecule has 0 unspecified atom stereocenters. The second kappa shape index (κ2) is 9.97. The molecule has 3 amide bonds. The fourth-order valence-corrected chi connectivity index (χ4v) is 5.28. The maximum atomic E-state index is 13.8. The molecule has 0 saturated carbocycles. The van der Waals surface area contributed by atoms with Gasteiger partial charge < -0.3 is 15.1 Å². The Labute approximate surface area is 210 Å². The van der Waals surface area contributed by atoms with E-state index >= 15 is 0 Å². The number of nitrogens with one attached hydrogen (secondary N) is 2. The lowest BCUT2D eigenvalue weighted by atomic mass is 10.0. The molecule has 8 nitrogen and oxygen atoms in total. The highest BCUT2D eigenvalue weighted by atomic mass is 16.2. The van der Waals surface area contributed by atoms with Gasteiger partial charge in [-0.1, -0.05) is 56.3 Å². The molecule has 3 heterocycles. The van der Waals surface area contributed by atoms with E-state index in [0.717, 1.165) is 28.8 Å². The fraction of sp³-hybridized carbons (Fsp3) is 0.357. The maximum absolute atomic E-state index is 13.8. The number of aromatic amines is 1. The number of amides is 3. The van der Waals surface area contributed by atoms with Crippen LogP contribution in [0.5, 0.6) is 0 Å². The number of H-pyrrole nitrogens is 1. The zero-order valence-electron chi connectivity index (χ0n) is 20.6. The van der Waals surface area contributed by atoms with E-state index in [2.05, 4.69) is 15.5 Å². The van der Waals surface area contributed by atoms with Gasteiger partial charge in [-0.15, -0.1) is 0 Å². The summed E-state index contributed by atoms with van der Waals surface area (Å²) in [6.45, 7) is 5.23. The van der Waals surface area contributed by atoms with Gasteiger partial charge in [0.25, 0.3) is 5.91 Å². The van der Waals surface area contributed by atoms with E-state index in [4.69, 9.17) is 0 Å². The van der Waals surface area contributed by atoms with E-state index < -0.39 is 12.1 Å². The van der Waals surface area contributed by atoms with Gasteiger partial charge in [-0.3, -0.25) is 19.5 Å². The molecule has 8 heteroatoms. The Balaban J connectivity index is 1.25. The van der Waals surface area contributed by atoms with Crippen molar-refractivity contribution < 1.29 is 14.4 Å². The summed E-state index contributed by atoms with van der Waals surface area (Å²) >= 11 is 0. The van der Waals surface area contributed by atoms with E-state index in [1.165, 1.54) is 0 Å². The monoisotopic (exact) mass is 485 g/mol. The lowest BCUT2D eigenvalue weighted by Crippen LogP contribution is -2.55. The zero-order chi connectivity index (χ0) is 25.2. The van der Waals surface area contributed by atoms with Crippen LogP contribution >= 0.6 is 0 Å². The third-order valence-corrected chi connectivity index (χ3v) is 7.14. The predicted octanol–water partition coefficient (Wildman–Crippen LogP) is 3.36. The number of aromatic nitrogens is 2. The summed E-state index contributed by atoms with van der Waals surface area (Å²) in [5, 5.41) is 9.92. The molecule has 1 fully saturated rings. The van der Waals surface area contributed by atoms with Crippen molar-refractivity contribution in [1.82, 2.24) is 25.3 Å². The van der Waals surface area contributed by atoms with Crippen LogP contribution in [-0.2, 0) is 22.7 Å². The fourth-order valence-electron chi connectivity index (χ4n) is 5.28. The summed E-state index contributed by atoms with van der Waals surface area (Å²) in [6, 6.07) is 16.2. The van der Waals surface area contributed by atoms with Gasteiger partial charge in [0.05, 0.1) is 5.69 Å². The van der Waals surface area contributed by atoms with Crippen molar-refractivity contribution in [2.75, 3.05) is 6.54 Å². The Bertz CT molecular complexity index is 1250. The van der Waals surface area contributed by atoms with Crippen molar-refractivity contribution in [3.63, 3.8) is 0 Å². The summed E-state index contributed by atoms with van der Waals surface area (Å²) < 4.78 is 0. The Hall–Kier alpha value is -3.94. The van der Waals surface area contributed by atoms with E-state index in [-0.39, 0.29) is 23.6 Å². The number of likely N-dealkylation sites (tertiary alicyclic amines) is 1. The Morgan fingerprint density at radius 3 is 2.58 bits per heavy atom. The number of hydrogen-bond acceptors (Lipinski definition) is 4. The zero-order valence-corrected chi connectivity index (χ0v) is 20.6. The average Bonchev–Trinajstić information content (AvgIpc) is 3.64. The molecule has 5 rings (SSSR count). The molecular formula is C28H31N5O3. The van der Waals surface area contributed by atoms with Gasteiger partial charge >= 0.3 is 0 Å². The first-order chi connectivity index (χ1) is 17.4. The van der Waals surface area contributed by atoms with Crippen LogP contribution in [0.4, 0.5) is 0 Å². The standard InChI is InChI=1S/C28H31N5O3/c1-18(2)25(33-17-21-6-3-4-7-22(21)27(33)35)28(36)32-15-5-8-24(32)26(34)29-16-19-9-11-20(12-10-19)23-13-14-30-31-23/h3-4,6-7,9-14,18,24-25H,5,8,15-17H2,1-2H3,(H,29,34)(H,30,31)/t24-,25-/m0/s1. The summed E-state index contributed by atoms with van der Waals surface area (Å²) in [4.78, 5) is 43.4. The van der Waals surface area contributed by atoms with E-state index in [9.17, 15) is 14.4 Å². The van der Waals surface area contributed by atoms with Crippen LogP contribution in [0.3, 0.4) is 0 Å². The highest BCUT2D eigenvalue weighted by Crippen LogP contribution is 2.30. The largest absolute Gasteiger partial charge is 0.350 e. The highest BCUT2D eigenvalue weighted by Gasteiger charge is 2.43. The van der Waals surface area contributed by atoms with E-state index in [1.54, 1.807) is 16.0 Å². The van der Waals surface area contributed by atoms with Gasteiger partial charge in [-0.05, 0) is 47.6 Å².